The molecule has 1 heterocycles. The van der Waals surface area contributed by atoms with Gasteiger partial charge in [0.15, 0.2) is 0 Å². The van der Waals surface area contributed by atoms with Crippen molar-refractivity contribution in [3.63, 3.8) is 0 Å². The first-order valence-corrected chi connectivity index (χ1v) is 5.39. The zero-order chi connectivity index (χ0) is 12.0. The van der Waals surface area contributed by atoms with E-state index in [1.165, 1.54) is 0 Å². The Labute approximate surface area is 96.6 Å². The molecule has 0 fully saturated rings. The summed E-state index contributed by atoms with van der Waals surface area (Å²) in [5.41, 5.74) is 3.59. The van der Waals surface area contributed by atoms with Gasteiger partial charge < -0.3 is 15.1 Å². The van der Waals surface area contributed by atoms with E-state index in [1.807, 2.05) is 33.0 Å². The highest BCUT2D eigenvalue weighted by atomic mass is 16.5. The fourth-order valence-corrected chi connectivity index (χ4v) is 1.29. The molecule has 3 N–H and O–H groups in total. The minimum atomic E-state index is 0.270. The van der Waals surface area contributed by atoms with Crippen LogP contribution in [0.5, 0.6) is 0 Å². The van der Waals surface area contributed by atoms with Crippen LogP contribution in [0.3, 0.4) is 0 Å². The lowest BCUT2D eigenvalue weighted by Crippen LogP contribution is -2.24. The predicted octanol–water partition coefficient (Wildman–Crippen LogP) is 1.23. The molecule has 90 valence electrons. The lowest BCUT2D eigenvalue weighted by Gasteiger charge is -2.20. The first-order valence-electron chi connectivity index (χ1n) is 5.39. The summed E-state index contributed by atoms with van der Waals surface area (Å²) in [4.78, 5) is 6.16. The first kappa shape index (κ1) is 12.7. The number of nitrogens with two attached hydrogens (primary N) is 1. The van der Waals surface area contributed by atoms with Crippen LogP contribution in [-0.4, -0.2) is 31.3 Å². The van der Waals surface area contributed by atoms with Crippen LogP contribution >= 0.6 is 0 Å². The van der Waals surface area contributed by atoms with Crippen molar-refractivity contribution in [3.05, 3.63) is 18.3 Å². The highest BCUT2D eigenvalue weighted by Crippen LogP contribution is 2.14. The molecular weight excluding hydrogens is 204 g/mol. The molecule has 1 rings (SSSR count). The standard InChI is InChI=1S/C11H20N4O/c1-9(2)16-7-6-15(3)10-4-5-13-11(8-10)14-12/h4-5,8-9H,6-7,12H2,1-3H3,(H,13,14). The third kappa shape index (κ3) is 4.04. The SMILES string of the molecule is CC(C)OCCN(C)c1ccnc(NN)c1. The van der Waals surface area contributed by atoms with Gasteiger partial charge in [0.05, 0.1) is 12.7 Å². The van der Waals surface area contributed by atoms with Crippen molar-refractivity contribution >= 4 is 11.5 Å². The van der Waals surface area contributed by atoms with Gasteiger partial charge in [0, 0.05) is 31.5 Å². The Balaban J connectivity index is 2.48. The molecule has 1 aromatic rings. The Morgan fingerprint density at radius 1 is 1.56 bits per heavy atom. The molecule has 16 heavy (non-hydrogen) atoms. The van der Waals surface area contributed by atoms with E-state index >= 15 is 0 Å². The van der Waals surface area contributed by atoms with E-state index in [1.54, 1.807) is 6.20 Å². The Kier molecular flexibility index (Phi) is 5.01. The lowest BCUT2D eigenvalue weighted by atomic mass is 10.3. The summed E-state index contributed by atoms with van der Waals surface area (Å²) >= 11 is 0. The van der Waals surface area contributed by atoms with Gasteiger partial charge in [-0.25, -0.2) is 10.8 Å². The van der Waals surface area contributed by atoms with Crippen molar-refractivity contribution in [2.45, 2.75) is 20.0 Å². The number of nitrogen functional groups attached to an aromatic ring is 1. The molecule has 0 amide bonds. The van der Waals surface area contributed by atoms with E-state index < -0.39 is 0 Å². The van der Waals surface area contributed by atoms with Gasteiger partial charge in [-0.3, -0.25) is 0 Å². The van der Waals surface area contributed by atoms with Crippen molar-refractivity contribution in [2.24, 2.45) is 5.84 Å². The van der Waals surface area contributed by atoms with Gasteiger partial charge in [-0.1, -0.05) is 0 Å². The van der Waals surface area contributed by atoms with Gasteiger partial charge in [-0.05, 0) is 19.9 Å². The number of pyridine rings is 1. The monoisotopic (exact) mass is 224 g/mol. The third-order valence-corrected chi connectivity index (χ3v) is 2.21. The molecule has 0 bridgehead atoms. The average molecular weight is 224 g/mol. The summed E-state index contributed by atoms with van der Waals surface area (Å²) in [6.07, 6.45) is 2.00. The average Bonchev–Trinajstić information content (AvgIpc) is 2.28. The van der Waals surface area contributed by atoms with E-state index in [0.717, 1.165) is 12.2 Å². The predicted molar refractivity (Wildman–Crippen MR) is 66.4 cm³/mol. The number of hydrazine groups is 1. The van der Waals surface area contributed by atoms with Crippen LogP contribution in [0.15, 0.2) is 18.3 Å². The molecule has 0 saturated carbocycles. The van der Waals surface area contributed by atoms with Gasteiger partial charge in [-0.15, -0.1) is 0 Å². The number of aromatic nitrogens is 1. The first-order chi connectivity index (χ1) is 7.63. The number of rotatable bonds is 6. The summed E-state index contributed by atoms with van der Waals surface area (Å²) < 4.78 is 5.49. The highest BCUT2D eigenvalue weighted by Gasteiger charge is 2.02. The lowest BCUT2D eigenvalue weighted by molar-refractivity contribution is 0.0846. The van der Waals surface area contributed by atoms with Crippen LogP contribution in [0.1, 0.15) is 13.8 Å². The molecule has 5 heteroatoms. The van der Waals surface area contributed by atoms with Gasteiger partial charge in [-0.2, -0.15) is 0 Å². The summed E-state index contributed by atoms with van der Waals surface area (Å²) in [6, 6.07) is 3.84. The zero-order valence-electron chi connectivity index (χ0n) is 10.1. The maximum Gasteiger partial charge on any atom is 0.141 e. The molecule has 0 aromatic carbocycles. The molecule has 0 aliphatic heterocycles. The highest BCUT2D eigenvalue weighted by molar-refractivity contribution is 5.52. The summed E-state index contributed by atoms with van der Waals surface area (Å²) in [6.45, 7) is 5.61. The van der Waals surface area contributed by atoms with Crippen molar-refractivity contribution in [1.82, 2.24) is 4.98 Å². The van der Waals surface area contributed by atoms with Gasteiger partial charge >= 0.3 is 0 Å². The van der Waals surface area contributed by atoms with Crippen LogP contribution in [0.4, 0.5) is 11.5 Å². The molecular formula is C11H20N4O. The topological polar surface area (TPSA) is 63.4 Å². The molecule has 0 saturated heterocycles. The molecule has 0 atom stereocenters. The van der Waals surface area contributed by atoms with E-state index in [0.29, 0.717) is 12.4 Å². The molecule has 0 spiro atoms. The van der Waals surface area contributed by atoms with Crippen molar-refractivity contribution < 1.29 is 4.74 Å². The number of hydrogen-bond donors (Lipinski definition) is 2. The molecule has 0 unspecified atom stereocenters. The largest absolute Gasteiger partial charge is 0.377 e. The second-order valence-corrected chi connectivity index (χ2v) is 3.88. The quantitative estimate of drug-likeness (QED) is 0.562. The summed E-state index contributed by atoms with van der Waals surface area (Å²) in [7, 11) is 2.01. The van der Waals surface area contributed by atoms with Crippen molar-refractivity contribution in [2.75, 3.05) is 30.5 Å². The van der Waals surface area contributed by atoms with E-state index in [4.69, 9.17) is 10.6 Å². The van der Waals surface area contributed by atoms with E-state index in [9.17, 15) is 0 Å². The Morgan fingerprint density at radius 2 is 2.31 bits per heavy atom. The summed E-state index contributed by atoms with van der Waals surface area (Å²) in [5, 5.41) is 0. The molecule has 5 nitrogen and oxygen atoms in total. The Morgan fingerprint density at radius 3 is 2.94 bits per heavy atom. The third-order valence-electron chi connectivity index (χ3n) is 2.21. The second kappa shape index (κ2) is 6.30. The fourth-order valence-electron chi connectivity index (χ4n) is 1.29. The van der Waals surface area contributed by atoms with Gasteiger partial charge in [0.2, 0.25) is 0 Å². The maximum absolute atomic E-state index is 5.49. The maximum atomic E-state index is 5.49. The number of nitrogens with zero attached hydrogens (tertiary/aromatic N) is 2. The minimum absolute atomic E-state index is 0.270. The van der Waals surface area contributed by atoms with Crippen molar-refractivity contribution in [1.29, 1.82) is 0 Å². The Hall–Kier alpha value is -1.33. The number of ether oxygens (including phenoxy) is 1. The molecule has 0 aliphatic rings. The molecule has 0 aliphatic carbocycles. The van der Waals surface area contributed by atoms with Crippen LogP contribution < -0.4 is 16.2 Å². The van der Waals surface area contributed by atoms with Crippen molar-refractivity contribution in [3.8, 4) is 0 Å². The van der Waals surface area contributed by atoms with Crippen LogP contribution in [0.2, 0.25) is 0 Å². The zero-order valence-corrected chi connectivity index (χ0v) is 10.1. The van der Waals surface area contributed by atoms with Gasteiger partial charge in [0.1, 0.15) is 5.82 Å². The fraction of sp³-hybridized carbons (Fsp3) is 0.545. The Bertz CT molecular complexity index is 317. The normalized spacial score (nSPS) is 10.6. The van der Waals surface area contributed by atoms with Gasteiger partial charge in [0.25, 0.3) is 0 Å². The smallest absolute Gasteiger partial charge is 0.141 e. The van der Waals surface area contributed by atoms with E-state index in [2.05, 4.69) is 15.3 Å². The van der Waals surface area contributed by atoms with E-state index in [-0.39, 0.29) is 6.10 Å². The molecule has 0 radical (unpaired) electrons. The van der Waals surface area contributed by atoms with Crippen LogP contribution in [0, 0.1) is 0 Å². The number of hydrogen-bond acceptors (Lipinski definition) is 5. The van der Waals surface area contributed by atoms with Crippen LogP contribution in [0.25, 0.3) is 0 Å². The number of anilines is 2. The number of nitrogens with one attached hydrogen (secondary N) is 1. The molecule has 1 aromatic heterocycles. The minimum Gasteiger partial charge on any atom is -0.377 e. The second-order valence-electron chi connectivity index (χ2n) is 3.88. The number of likely N-dealkylation sites (N-methyl/N-ethyl adjacent to an activating group) is 1. The summed E-state index contributed by atoms with van der Waals surface area (Å²) in [5.74, 6) is 5.96. The van der Waals surface area contributed by atoms with Crippen LogP contribution in [-0.2, 0) is 4.74 Å².